The van der Waals surface area contributed by atoms with Gasteiger partial charge in [0.1, 0.15) is 5.75 Å². The van der Waals surface area contributed by atoms with Crippen molar-refractivity contribution < 1.29 is 9.53 Å². The maximum atomic E-state index is 12.1. The van der Waals surface area contributed by atoms with Crippen LogP contribution in [0.3, 0.4) is 0 Å². The van der Waals surface area contributed by atoms with Crippen LogP contribution in [-0.2, 0) is 6.42 Å². The lowest BCUT2D eigenvalue weighted by Crippen LogP contribution is -2.02. The third kappa shape index (κ3) is 4.63. The molecule has 0 amide bonds. The molecule has 0 aliphatic rings. The SMILES string of the molecule is CCCOc1ccc(C(=O)CCc2ccc(N)cc2)cc1. The van der Waals surface area contributed by atoms with Gasteiger partial charge in [0, 0.05) is 17.7 Å². The van der Waals surface area contributed by atoms with Gasteiger partial charge in [0.2, 0.25) is 0 Å². The Morgan fingerprint density at radius 3 is 2.33 bits per heavy atom. The number of rotatable bonds is 7. The van der Waals surface area contributed by atoms with E-state index in [1.165, 1.54) is 0 Å². The van der Waals surface area contributed by atoms with Crippen LogP contribution < -0.4 is 10.5 Å². The molecule has 0 aliphatic carbocycles. The Morgan fingerprint density at radius 2 is 1.71 bits per heavy atom. The van der Waals surface area contributed by atoms with Gasteiger partial charge < -0.3 is 10.5 Å². The Labute approximate surface area is 125 Å². The van der Waals surface area contributed by atoms with Crippen molar-refractivity contribution in [2.45, 2.75) is 26.2 Å². The number of Topliss-reactive ketones (excluding diaryl/α,β-unsaturated/α-hetero) is 1. The maximum absolute atomic E-state index is 12.1. The minimum atomic E-state index is 0.147. The molecular formula is C18H21NO2. The summed E-state index contributed by atoms with van der Waals surface area (Å²) < 4.78 is 5.51. The van der Waals surface area contributed by atoms with Crippen LogP contribution in [0.2, 0.25) is 0 Å². The van der Waals surface area contributed by atoms with Crippen LogP contribution in [0.1, 0.15) is 35.7 Å². The second-order valence-corrected chi connectivity index (χ2v) is 5.04. The van der Waals surface area contributed by atoms with Gasteiger partial charge in [-0.2, -0.15) is 0 Å². The van der Waals surface area contributed by atoms with Crippen molar-refractivity contribution >= 4 is 11.5 Å². The molecule has 0 saturated carbocycles. The normalized spacial score (nSPS) is 10.3. The molecule has 0 spiro atoms. The summed E-state index contributed by atoms with van der Waals surface area (Å²) in [5, 5.41) is 0. The first kappa shape index (κ1) is 15.1. The van der Waals surface area contributed by atoms with Crippen molar-refractivity contribution in [2.24, 2.45) is 0 Å². The highest BCUT2D eigenvalue weighted by atomic mass is 16.5. The van der Waals surface area contributed by atoms with Crippen LogP contribution in [0.4, 0.5) is 5.69 Å². The minimum Gasteiger partial charge on any atom is -0.494 e. The molecule has 0 aliphatic heterocycles. The molecule has 2 rings (SSSR count). The lowest BCUT2D eigenvalue weighted by atomic mass is 10.0. The summed E-state index contributed by atoms with van der Waals surface area (Å²) in [7, 11) is 0. The van der Waals surface area contributed by atoms with Crippen LogP contribution in [0.5, 0.6) is 5.75 Å². The molecule has 0 unspecified atom stereocenters. The van der Waals surface area contributed by atoms with Gasteiger partial charge in [-0.05, 0) is 54.8 Å². The molecule has 0 saturated heterocycles. The minimum absolute atomic E-state index is 0.147. The second kappa shape index (κ2) is 7.48. The molecule has 0 atom stereocenters. The third-order valence-electron chi connectivity index (χ3n) is 3.27. The highest BCUT2D eigenvalue weighted by molar-refractivity contribution is 5.96. The van der Waals surface area contributed by atoms with Gasteiger partial charge in [0.05, 0.1) is 6.61 Å². The summed E-state index contributed by atoms with van der Waals surface area (Å²) in [5.41, 5.74) is 8.24. The summed E-state index contributed by atoms with van der Waals surface area (Å²) in [5.74, 6) is 0.959. The standard InChI is InChI=1S/C18H21NO2/c1-2-13-21-17-10-6-15(7-11-17)18(20)12-5-14-3-8-16(19)9-4-14/h3-4,6-11H,2,5,12-13,19H2,1H3. The smallest absolute Gasteiger partial charge is 0.163 e. The zero-order valence-electron chi connectivity index (χ0n) is 12.3. The van der Waals surface area contributed by atoms with Crippen molar-refractivity contribution in [1.82, 2.24) is 0 Å². The van der Waals surface area contributed by atoms with E-state index in [0.29, 0.717) is 13.0 Å². The van der Waals surface area contributed by atoms with E-state index < -0.39 is 0 Å². The van der Waals surface area contributed by atoms with Crippen LogP contribution in [0.15, 0.2) is 48.5 Å². The fraction of sp³-hybridized carbons (Fsp3) is 0.278. The summed E-state index contributed by atoms with van der Waals surface area (Å²) in [4.78, 5) is 12.1. The molecule has 110 valence electrons. The Morgan fingerprint density at radius 1 is 1.05 bits per heavy atom. The van der Waals surface area contributed by atoms with Crippen LogP contribution in [0, 0.1) is 0 Å². The summed E-state index contributed by atoms with van der Waals surface area (Å²) in [6.07, 6.45) is 2.20. The van der Waals surface area contributed by atoms with E-state index in [2.05, 4.69) is 6.92 Å². The fourth-order valence-electron chi connectivity index (χ4n) is 2.04. The molecule has 21 heavy (non-hydrogen) atoms. The van der Waals surface area contributed by atoms with E-state index in [0.717, 1.165) is 35.4 Å². The van der Waals surface area contributed by atoms with Gasteiger partial charge in [0.15, 0.2) is 5.78 Å². The molecule has 0 bridgehead atoms. The highest BCUT2D eigenvalue weighted by Gasteiger charge is 2.06. The topological polar surface area (TPSA) is 52.3 Å². The van der Waals surface area contributed by atoms with Gasteiger partial charge in [-0.15, -0.1) is 0 Å². The maximum Gasteiger partial charge on any atom is 0.163 e. The van der Waals surface area contributed by atoms with Crippen LogP contribution in [-0.4, -0.2) is 12.4 Å². The van der Waals surface area contributed by atoms with E-state index >= 15 is 0 Å². The summed E-state index contributed by atoms with van der Waals surface area (Å²) in [6.45, 7) is 2.76. The van der Waals surface area contributed by atoms with Gasteiger partial charge in [-0.25, -0.2) is 0 Å². The summed E-state index contributed by atoms with van der Waals surface area (Å²) in [6, 6.07) is 15.0. The molecular weight excluding hydrogens is 262 g/mol. The lowest BCUT2D eigenvalue weighted by Gasteiger charge is -2.06. The first-order valence-electron chi connectivity index (χ1n) is 7.29. The van der Waals surface area contributed by atoms with E-state index in [1.54, 1.807) is 0 Å². The van der Waals surface area contributed by atoms with Crippen molar-refractivity contribution in [3.63, 3.8) is 0 Å². The van der Waals surface area contributed by atoms with E-state index in [-0.39, 0.29) is 5.78 Å². The number of carbonyl (C=O) groups excluding carboxylic acids is 1. The first-order valence-corrected chi connectivity index (χ1v) is 7.29. The number of nitrogens with two attached hydrogens (primary N) is 1. The lowest BCUT2D eigenvalue weighted by molar-refractivity contribution is 0.0983. The number of hydrogen-bond donors (Lipinski definition) is 1. The van der Waals surface area contributed by atoms with E-state index in [4.69, 9.17) is 10.5 Å². The Bertz CT molecular complexity index is 573. The molecule has 0 aromatic heterocycles. The number of nitrogen functional groups attached to an aromatic ring is 1. The molecule has 2 aromatic carbocycles. The number of anilines is 1. The van der Waals surface area contributed by atoms with Gasteiger partial charge >= 0.3 is 0 Å². The number of benzene rings is 2. The van der Waals surface area contributed by atoms with Gasteiger partial charge in [-0.1, -0.05) is 19.1 Å². The van der Waals surface area contributed by atoms with Gasteiger partial charge in [0.25, 0.3) is 0 Å². The number of aryl methyl sites for hydroxylation is 1. The number of ether oxygens (including phenoxy) is 1. The fourth-order valence-corrected chi connectivity index (χ4v) is 2.04. The Hall–Kier alpha value is -2.29. The predicted molar refractivity (Wildman–Crippen MR) is 85.7 cm³/mol. The highest BCUT2D eigenvalue weighted by Crippen LogP contribution is 2.15. The molecule has 3 heteroatoms. The molecule has 0 heterocycles. The molecule has 2 N–H and O–H groups in total. The van der Waals surface area contributed by atoms with Crippen LogP contribution >= 0.6 is 0 Å². The summed E-state index contributed by atoms with van der Waals surface area (Å²) >= 11 is 0. The molecule has 2 aromatic rings. The second-order valence-electron chi connectivity index (χ2n) is 5.04. The van der Waals surface area contributed by atoms with Crippen molar-refractivity contribution in [3.05, 3.63) is 59.7 Å². The Balaban J connectivity index is 1.89. The molecule has 0 radical (unpaired) electrons. The largest absolute Gasteiger partial charge is 0.494 e. The van der Waals surface area contributed by atoms with Crippen molar-refractivity contribution in [3.8, 4) is 5.75 Å². The monoisotopic (exact) mass is 283 g/mol. The van der Waals surface area contributed by atoms with Crippen LogP contribution in [0.25, 0.3) is 0 Å². The zero-order chi connectivity index (χ0) is 15.1. The van der Waals surface area contributed by atoms with Crippen molar-refractivity contribution in [1.29, 1.82) is 0 Å². The quantitative estimate of drug-likeness (QED) is 0.620. The van der Waals surface area contributed by atoms with E-state index in [1.807, 2.05) is 48.5 Å². The van der Waals surface area contributed by atoms with E-state index in [9.17, 15) is 4.79 Å². The number of ketones is 1. The van der Waals surface area contributed by atoms with Crippen molar-refractivity contribution in [2.75, 3.05) is 12.3 Å². The predicted octanol–water partition coefficient (Wildman–Crippen LogP) is 3.87. The first-order chi connectivity index (χ1) is 10.2. The average molecular weight is 283 g/mol. The average Bonchev–Trinajstić information content (AvgIpc) is 2.52. The Kier molecular flexibility index (Phi) is 5.38. The molecule has 3 nitrogen and oxygen atoms in total. The van der Waals surface area contributed by atoms with Gasteiger partial charge in [-0.3, -0.25) is 4.79 Å². The molecule has 0 fully saturated rings. The number of hydrogen-bond acceptors (Lipinski definition) is 3. The third-order valence-corrected chi connectivity index (χ3v) is 3.27. The zero-order valence-corrected chi connectivity index (χ0v) is 12.3. The number of carbonyl (C=O) groups is 1.